The maximum Gasteiger partial charge on any atom is 0.243 e. The van der Waals surface area contributed by atoms with Crippen molar-refractivity contribution in [3.8, 4) is 0 Å². The second-order valence-corrected chi connectivity index (χ2v) is 7.25. The second-order valence-electron chi connectivity index (χ2n) is 5.35. The number of hydrogen-bond donors (Lipinski definition) is 2. The minimum atomic E-state index is -3.51. The van der Waals surface area contributed by atoms with Crippen molar-refractivity contribution in [1.29, 1.82) is 0 Å². The van der Waals surface area contributed by atoms with Crippen molar-refractivity contribution in [2.24, 2.45) is 0 Å². The van der Waals surface area contributed by atoms with E-state index in [-0.39, 0.29) is 11.5 Å². The molecule has 0 aliphatic carbocycles. The Morgan fingerprint density at radius 2 is 2.00 bits per heavy atom. The molecule has 1 aromatic carbocycles. The molecule has 1 fully saturated rings. The van der Waals surface area contributed by atoms with Crippen LogP contribution in [-0.2, 0) is 10.0 Å². The zero-order valence-corrected chi connectivity index (χ0v) is 13.1. The summed E-state index contributed by atoms with van der Waals surface area (Å²) in [6.07, 6.45) is 0.764. The van der Waals surface area contributed by atoms with Crippen molar-refractivity contribution in [2.75, 3.05) is 45.1 Å². The molecule has 0 radical (unpaired) electrons. The molecule has 1 aliphatic rings. The molecule has 118 valence electrons. The largest absolute Gasteiger partial charge is 0.399 e. The fourth-order valence-corrected chi connectivity index (χ4v) is 4.32. The van der Waals surface area contributed by atoms with Crippen molar-refractivity contribution >= 4 is 15.7 Å². The van der Waals surface area contributed by atoms with Gasteiger partial charge >= 0.3 is 0 Å². The highest BCUT2D eigenvalue weighted by Crippen LogP contribution is 2.23. The van der Waals surface area contributed by atoms with Gasteiger partial charge < -0.3 is 10.8 Å². The molecule has 7 heteroatoms. The fourth-order valence-electron chi connectivity index (χ4n) is 2.59. The highest BCUT2D eigenvalue weighted by molar-refractivity contribution is 7.89. The van der Waals surface area contributed by atoms with Crippen LogP contribution < -0.4 is 5.73 Å². The van der Waals surface area contributed by atoms with Crippen LogP contribution in [0.4, 0.5) is 5.69 Å². The van der Waals surface area contributed by atoms with Crippen LogP contribution >= 0.6 is 0 Å². The Morgan fingerprint density at radius 1 is 1.24 bits per heavy atom. The van der Waals surface area contributed by atoms with Gasteiger partial charge in [-0.25, -0.2) is 8.42 Å². The lowest BCUT2D eigenvalue weighted by atomic mass is 10.2. The Hall–Kier alpha value is -1.15. The van der Waals surface area contributed by atoms with Gasteiger partial charge in [-0.2, -0.15) is 4.31 Å². The van der Waals surface area contributed by atoms with E-state index < -0.39 is 10.0 Å². The van der Waals surface area contributed by atoms with E-state index in [1.807, 2.05) is 0 Å². The van der Waals surface area contributed by atoms with Gasteiger partial charge in [0.25, 0.3) is 0 Å². The van der Waals surface area contributed by atoms with E-state index in [1.54, 1.807) is 19.1 Å². The summed E-state index contributed by atoms with van der Waals surface area (Å²) in [6, 6.07) is 4.97. The molecule has 1 aromatic rings. The molecule has 3 N–H and O–H groups in total. The van der Waals surface area contributed by atoms with Gasteiger partial charge in [-0.15, -0.1) is 0 Å². The molecular weight excluding hydrogens is 290 g/mol. The number of nitrogens with zero attached hydrogens (tertiary/aromatic N) is 2. The average molecular weight is 313 g/mol. The molecule has 0 saturated carbocycles. The standard InChI is InChI=1S/C14H23N3O3S/c1-12-3-4-13(15)11-14(12)21(19,20)17-6-2-5-16(7-8-17)9-10-18/h3-4,11,18H,2,5-10,15H2,1H3. The van der Waals surface area contributed by atoms with Crippen LogP contribution in [0.3, 0.4) is 0 Å². The Bertz CT molecular complexity index is 589. The minimum Gasteiger partial charge on any atom is -0.399 e. The number of rotatable bonds is 4. The molecule has 0 spiro atoms. The summed E-state index contributed by atoms with van der Waals surface area (Å²) < 4.78 is 27.1. The van der Waals surface area contributed by atoms with Crippen molar-refractivity contribution in [3.05, 3.63) is 23.8 Å². The third kappa shape index (κ3) is 3.74. The van der Waals surface area contributed by atoms with Crippen LogP contribution in [0.1, 0.15) is 12.0 Å². The van der Waals surface area contributed by atoms with Crippen LogP contribution in [-0.4, -0.2) is 62.1 Å². The van der Waals surface area contributed by atoms with Crippen molar-refractivity contribution < 1.29 is 13.5 Å². The summed E-state index contributed by atoms with van der Waals surface area (Å²) in [5.41, 5.74) is 6.89. The van der Waals surface area contributed by atoms with Crippen molar-refractivity contribution in [3.63, 3.8) is 0 Å². The van der Waals surface area contributed by atoms with E-state index >= 15 is 0 Å². The topological polar surface area (TPSA) is 86.9 Å². The predicted molar refractivity (Wildman–Crippen MR) is 82.5 cm³/mol. The SMILES string of the molecule is Cc1ccc(N)cc1S(=O)(=O)N1CCCN(CCO)CC1. The maximum atomic E-state index is 12.8. The van der Waals surface area contributed by atoms with Crippen LogP contribution in [0.5, 0.6) is 0 Å². The lowest BCUT2D eigenvalue weighted by Crippen LogP contribution is -2.36. The van der Waals surface area contributed by atoms with E-state index in [4.69, 9.17) is 10.8 Å². The smallest absolute Gasteiger partial charge is 0.243 e. The summed E-state index contributed by atoms with van der Waals surface area (Å²) in [5, 5.41) is 8.99. The number of aliphatic hydroxyl groups is 1. The quantitative estimate of drug-likeness (QED) is 0.779. The van der Waals surface area contributed by atoms with Crippen LogP contribution in [0.15, 0.2) is 23.1 Å². The molecular formula is C14H23N3O3S. The molecule has 1 saturated heterocycles. The van der Waals surface area contributed by atoms with Crippen LogP contribution in [0.2, 0.25) is 0 Å². The molecule has 21 heavy (non-hydrogen) atoms. The highest BCUT2D eigenvalue weighted by Gasteiger charge is 2.28. The Morgan fingerprint density at radius 3 is 2.71 bits per heavy atom. The summed E-state index contributed by atoms with van der Waals surface area (Å²) in [5.74, 6) is 0. The van der Waals surface area contributed by atoms with E-state index in [9.17, 15) is 8.42 Å². The normalized spacial score (nSPS) is 18.6. The molecule has 1 heterocycles. The number of aryl methyl sites for hydroxylation is 1. The summed E-state index contributed by atoms with van der Waals surface area (Å²) in [4.78, 5) is 2.37. The zero-order chi connectivity index (χ0) is 15.5. The minimum absolute atomic E-state index is 0.0983. The van der Waals surface area contributed by atoms with Gasteiger partial charge in [-0.3, -0.25) is 4.90 Å². The molecule has 0 aromatic heterocycles. The maximum absolute atomic E-state index is 12.8. The zero-order valence-electron chi connectivity index (χ0n) is 12.3. The molecule has 0 unspecified atom stereocenters. The van der Waals surface area contributed by atoms with Crippen LogP contribution in [0, 0.1) is 6.92 Å². The Kier molecular flexibility index (Phi) is 5.21. The van der Waals surface area contributed by atoms with Crippen LogP contribution in [0.25, 0.3) is 0 Å². The van der Waals surface area contributed by atoms with Gasteiger partial charge in [0.2, 0.25) is 10.0 Å². The third-order valence-corrected chi connectivity index (χ3v) is 5.83. The number of β-amino-alcohol motifs (C(OH)–C–C–N with tert-alkyl or cyclic N) is 1. The monoisotopic (exact) mass is 313 g/mol. The third-order valence-electron chi connectivity index (χ3n) is 3.79. The van der Waals surface area contributed by atoms with Gasteiger partial charge in [0.1, 0.15) is 0 Å². The van der Waals surface area contributed by atoms with Gasteiger partial charge in [0.05, 0.1) is 11.5 Å². The molecule has 1 aliphatic heterocycles. The first-order valence-corrected chi connectivity index (χ1v) is 8.58. The van der Waals surface area contributed by atoms with Crippen molar-refractivity contribution in [2.45, 2.75) is 18.2 Å². The molecule has 0 bridgehead atoms. The molecule has 0 amide bonds. The summed E-state index contributed by atoms with van der Waals surface area (Å²) >= 11 is 0. The predicted octanol–water partition coefficient (Wildman–Crippen LogP) is 0.266. The lowest BCUT2D eigenvalue weighted by molar-refractivity contribution is 0.202. The molecule has 2 rings (SSSR count). The Balaban J connectivity index is 2.21. The number of benzene rings is 1. The number of nitrogen functional groups attached to an aromatic ring is 1. The summed E-state index contributed by atoms with van der Waals surface area (Å²) in [7, 11) is -3.51. The first kappa shape index (κ1) is 16.2. The number of aliphatic hydroxyl groups excluding tert-OH is 1. The highest BCUT2D eigenvalue weighted by atomic mass is 32.2. The van der Waals surface area contributed by atoms with Gasteiger partial charge in [-0.05, 0) is 37.6 Å². The number of hydrogen-bond acceptors (Lipinski definition) is 5. The lowest BCUT2D eigenvalue weighted by Gasteiger charge is -2.22. The Labute approximate surface area is 126 Å². The fraction of sp³-hybridized carbons (Fsp3) is 0.571. The first-order chi connectivity index (χ1) is 9.95. The van der Waals surface area contributed by atoms with E-state index in [1.165, 1.54) is 10.4 Å². The van der Waals surface area contributed by atoms with Gasteiger partial charge in [-0.1, -0.05) is 6.07 Å². The number of anilines is 1. The molecule has 6 nitrogen and oxygen atoms in total. The van der Waals surface area contributed by atoms with E-state index in [0.717, 1.165) is 13.0 Å². The first-order valence-electron chi connectivity index (χ1n) is 7.14. The average Bonchev–Trinajstić information content (AvgIpc) is 2.68. The number of sulfonamides is 1. The van der Waals surface area contributed by atoms with E-state index in [2.05, 4.69) is 4.90 Å². The summed E-state index contributed by atoms with van der Waals surface area (Å²) in [6.45, 7) is 4.85. The van der Waals surface area contributed by atoms with E-state index in [0.29, 0.717) is 37.4 Å². The van der Waals surface area contributed by atoms with Gasteiger partial charge in [0, 0.05) is 31.9 Å². The number of nitrogens with two attached hydrogens (primary N) is 1. The molecule has 0 atom stereocenters. The second kappa shape index (κ2) is 6.74. The van der Waals surface area contributed by atoms with Gasteiger partial charge in [0.15, 0.2) is 0 Å². The van der Waals surface area contributed by atoms with Crippen molar-refractivity contribution in [1.82, 2.24) is 9.21 Å².